The fourth-order valence-electron chi connectivity index (χ4n) is 1.53. The van der Waals surface area contributed by atoms with Gasteiger partial charge in [0.05, 0.1) is 18.3 Å². The van der Waals surface area contributed by atoms with Gasteiger partial charge in [0, 0.05) is 12.6 Å². The van der Waals surface area contributed by atoms with E-state index in [0.717, 1.165) is 6.42 Å². The summed E-state index contributed by atoms with van der Waals surface area (Å²) in [7, 11) is 0. The molecule has 3 heteroatoms. The summed E-state index contributed by atoms with van der Waals surface area (Å²) >= 11 is 0. The molecule has 0 heterocycles. The number of rotatable bonds is 7. The molecule has 0 aliphatic rings. The number of hydrogen-bond acceptors (Lipinski definition) is 3. The Morgan fingerprint density at radius 3 is 2.19 bits per heavy atom. The second-order valence-electron chi connectivity index (χ2n) is 6.02. The van der Waals surface area contributed by atoms with E-state index in [9.17, 15) is 5.11 Å². The molecule has 0 amide bonds. The predicted octanol–water partition coefficient (Wildman–Crippen LogP) is 2.19. The van der Waals surface area contributed by atoms with Crippen molar-refractivity contribution in [3.8, 4) is 0 Å². The lowest BCUT2D eigenvalue weighted by Gasteiger charge is -2.23. The van der Waals surface area contributed by atoms with Gasteiger partial charge in [-0.05, 0) is 40.0 Å². The molecule has 2 unspecified atom stereocenters. The molecule has 3 nitrogen and oxygen atoms in total. The average molecular weight is 231 g/mol. The van der Waals surface area contributed by atoms with Gasteiger partial charge in [0.15, 0.2) is 0 Å². The smallest absolute Gasteiger partial charge is 0.0898 e. The molecule has 0 saturated carbocycles. The van der Waals surface area contributed by atoms with Crippen molar-refractivity contribution in [2.75, 3.05) is 13.2 Å². The zero-order valence-electron chi connectivity index (χ0n) is 11.7. The third kappa shape index (κ3) is 10.4. The van der Waals surface area contributed by atoms with E-state index in [4.69, 9.17) is 4.74 Å². The van der Waals surface area contributed by atoms with Gasteiger partial charge in [-0.25, -0.2) is 0 Å². The molecular formula is C13H29NO2. The van der Waals surface area contributed by atoms with Crippen LogP contribution in [-0.2, 0) is 4.74 Å². The summed E-state index contributed by atoms with van der Waals surface area (Å²) in [5.41, 5.74) is -0.176. The van der Waals surface area contributed by atoms with Gasteiger partial charge in [0.2, 0.25) is 0 Å². The Morgan fingerprint density at radius 2 is 1.75 bits per heavy atom. The van der Waals surface area contributed by atoms with Crippen molar-refractivity contribution in [2.24, 2.45) is 5.92 Å². The Hall–Kier alpha value is -0.120. The van der Waals surface area contributed by atoms with Crippen LogP contribution in [0.4, 0.5) is 0 Å². The number of aliphatic hydroxyl groups is 1. The highest BCUT2D eigenvalue weighted by Gasteiger charge is 2.14. The first kappa shape index (κ1) is 15.9. The lowest BCUT2D eigenvalue weighted by molar-refractivity contribution is -0.0483. The molecule has 0 spiro atoms. The Morgan fingerprint density at radius 1 is 1.19 bits per heavy atom. The van der Waals surface area contributed by atoms with Crippen LogP contribution in [0.3, 0.4) is 0 Å². The second kappa shape index (κ2) is 7.25. The monoisotopic (exact) mass is 231 g/mol. The maximum Gasteiger partial charge on any atom is 0.0898 e. The molecule has 2 N–H and O–H groups in total. The van der Waals surface area contributed by atoms with Crippen molar-refractivity contribution in [2.45, 2.75) is 65.7 Å². The lowest BCUT2D eigenvalue weighted by atomic mass is 10.1. The fraction of sp³-hybridized carbons (Fsp3) is 1.00. The van der Waals surface area contributed by atoms with Crippen molar-refractivity contribution in [3.63, 3.8) is 0 Å². The molecule has 98 valence electrons. The topological polar surface area (TPSA) is 41.5 Å². The Kier molecular flexibility index (Phi) is 7.20. The normalized spacial score (nSPS) is 16.5. The summed E-state index contributed by atoms with van der Waals surface area (Å²) < 4.78 is 5.51. The van der Waals surface area contributed by atoms with Gasteiger partial charge in [0.1, 0.15) is 0 Å². The van der Waals surface area contributed by atoms with Crippen molar-refractivity contribution in [1.29, 1.82) is 0 Å². The van der Waals surface area contributed by atoms with Crippen LogP contribution in [0.25, 0.3) is 0 Å². The van der Waals surface area contributed by atoms with Crippen LogP contribution in [0.15, 0.2) is 0 Å². The van der Waals surface area contributed by atoms with E-state index < -0.39 is 6.10 Å². The Balaban J connectivity index is 3.61. The van der Waals surface area contributed by atoms with E-state index in [2.05, 4.69) is 26.1 Å². The fourth-order valence-corrected chi connectivity index (χ4v) is 1.53. The van der Waals surface area contributed by atoms with Crippen molar-refractivity contribution < 1.29 is 9.84 Å². The van der Waals surface area contributed by atoms with Gasteiger partial charge in [0.25, 0.3) is 0 Å². The van der Waals surface area contributed by atoms with Crippen LogP contribution < -0.4 is 5.32 Å². The van der Waals surface area contributed by atoms with Crippen molar-refractivity contribution in [1.82, 2.24) is 5.32 Å². The van der Waals surface area contributed by atoms with Gasteiger partial charge < -0.3 is 15.2 Å². The molecule has 0 aromatic rings. The van der Waals surface area contributed by atoms with Crippen LogP contribution in [0.2, 0.25) is 0 Å². The summed E-state index contributed by atoms with van der Waals surface area (Å²) in [6, 6.07) is 0.448. The molecule has 0 saturated heterocycles. The van der Waals surface area contributed by atoms with Crippen molar-refractivity contribution >= 4 is 0 Å². The van der Waals surface area contributed by atoms with Gasteiger partial charge in [-0.2, -0.15) is 0 Å². The molecular weight excluding hydrogens is 202 g/mol. The SMILES string of the molecule is CC(C)CC(C)NCC(O)COC(C)(C)C. The second-order valence-corrected chi connectivity index (χ2v) is 6.02. The average Bonchev–Trinajstić information content (AvgIpc) is 2.09. The van der Waals surface area contributed by atoms with E-state index in [1.54, 1.807) is 0 Å². The van der Waals surface area contributed by atoms with E-state index >= 15 is 0 Å². The molecule has 0 aromatic carbocycles. The van der Waals surface area contributed by atoms with E-state index in [-0.39, 0.29) is 5.60 Å². The van der Waals surface area contributed by atoms with Gasteiger partial charge in [-0.3, -0.25) is 0 Å². The highest BCUT2D eigenvalue weighted by atomic mass is 16.5. The minimum Gasteiger partial charge on any atom is -0.389 e. The van der Waals surface area contributed by atoms with Gasteiger partial charge >= 0.3 is 0 Å². The standard InChI is InChI=1S/C13H29NO2/c1-10(2)7-11(3)14-8-12(15)9-16-13(4,5)6/h10-12,14-15H,7-9H2,1-6H3. The Bertz CT molecular complexity index is 175. The highest BCUT2D eigenvalue weighted by Crippen LogP contribution is 2.07. The first-order valence-corrected chi connectivity index (χ1v) is 6.26. The lowest BCUT2D eigenvalue weighted by Crippen LogP contribution is -2.38. The zero-order valence-corrected chi connectivity index (χ0v) is 11.7. The third-order valence-electron chi connectivity index (χ3n) is 2.24. The molecule has 0 aliphatic heterocycles. The minimum absolute atomic E-state index is 0.176. The maximum absolute atomic E-state index is 9.71. The molecule has 0 aromatic heterocycles. The van der Waals surface area contributed by atoms with Gasteiger partial charge in [-0.1, -0.05) is 13.8 Å². The number of ether oxygens (including phenoxy) is 1. The van der Waals surface area contributed by atoms with Crippen LogP contribution in [0.1, 0.15) is 48.0 Å². The van der Waals surface area contributed by atoms with Crippen LogP contribution in [0.5, 0.6) is 0 Å². The molecule has 0 aliphatic carbocycles. The minimum atomic E-state index is -0.422. The van der Waals surface area contributed by atoms with E-state index in [1.165, 1.54) is 0 Å². The molecule has 0 rings (SSSR count). The number of aliphatic hydroxyl groups excluding tert-OH is 1. The molecule has 0 fully saturated rings. The number of nitrogens with one attached hydrogen (secondary N) is 1. The Labute approximate surface area is 101 Å². The summed E-state index contributed by atoms with van der Waals surface area (Å²) in [5.74, 6) is 0.686. The van der Waals surface area contributed by atoms with Crippen LogP contribution >= 0.6 is 0 Å². The summed E-state index contributed by atoms with van der Waals surface area (Å²) in [4.78, 5) is 0. The highest BCUT2D eigenvalue weighted by molar-refractivity contribution is 4.68. The van der Waals surface area contributed by atoms with Crippen molar-refractivity contribution in [3.05, 3.63) is 0 Å². The van der Waals surface area contributed by atoms with Crippen LogP contribution in [-0.4, -0.2) is 36.0 Å². The number of hydrogen-bond donors (Lipinski definition) is 2. The third-order valence-corrected chi connectivity index (χ3v) is 2.24. The maximum atomic E-state index is 9.71. The van der Waals surface area contributed by atoms with Crippen LogP contribution in [0, 0.1) is 5.92 Å². The first-order chi connectivity index (χ1) is 7.20. The van der Waals surface area contributed by atoms with E-state index in [0.29, 0.717) is 25.1 Å². The first-order valence-electron chi connectivity index (χ1n) is 6.26. The molecule has 2 atom stereocenters. The predicted molar refractivity (Wildman–Crippen MR) is 68.6 cm³/mol. The molecule has 0 bridgehead atoms. The molecule has 16 heavy (non-hydrogen) atoms. The largest absolute Gasteiger partial charge is 0.389 e. The van der Waals surface area contributed by atoms with E-state index in [1.807, 2.05) is 20.8 Å². The summed E-state index contributed by atoms with van der Waals surface area (Å²) in [6.07, 6.45) is 0.709. The quantitative estimate of drug-likeness (QED) is 0.705. The summed E-state index contributed by atoms with van der Waals surface area (Å²) in [5, 5.41) is 13.0. The zero-order chi connectivity index (χ0) is 12.8. The molecule has 0 radical (unpaired) electrons. The van der Waals surface area contributed by atoms with Gasteiger partial charge in [-0.15, -0.1) is 0 Å². The summed E-state index contributed by atoms with van der Waals surface area (Å²) in [6.45, 7) is 13.5.